The van der Waals surface area contributed by atoms with Gasteiger partial charge in [0.15, 0.2) is 0 Å². The number of fused-ring (bicyclic) bond motifs is 1. The number of hydrogen-bond acceptors (Lipinski definition) is 3. The molecular weight excluding hydrogens is 224 g/mol. The van der Waals surface area contributed by atoms with Crippen molar-refractivity contribution >= 4 is 5.69 Å². The molecule has 2 aliphatic heterocycles. The van der Waals surface area contributed by atoms with E-state index in [0.29, 0.717) is 0 Å². The van der Waals surface area contributed by atoms with Gasteiger partial charge in [0.1, 0.15) is 12.4 Å². The summed E-state index contributed by atoms with van der Waals surface area (Å²) in [5, 5.41) is 6.97. The lowest BCUT2D eigenvalue weighted by molar-refractivity contribution is 0.163. The molecule has 98 valence electrons. The van der Waals surface area contributed by atoms with Crippen LogP contribution >= 0.6 is 0 Å². The zero-order valence-electron chi connectivity index (χ0n) is 11.1. The molecule has 0 bridgehead atoms. The van der Waals surface area contributed by atoms with E-state index in [0.717, 1.165) is 31.9 Å². The van der Waals surface area contributed by atoms with E-state index in [2.05, 4.69) is 35.8 Å². The van der Waals surface area contributed by atoms with E-state index < -0.39 is 0 Å². The van der Waals surface area contributed by atoms with E-state index in [1.807, 2.05) is 0 Å². The fourth-order valence-corrected chi connectivity index (χ4v) is 2.84. The molecule has 3 heteroatoms. The minimum absolute atomic E-state index is 0.144. The van der Waals surface area contributed by atoms with Crippen molar-refractivity contribution in [2.45, 2.75) is 38.1 Å². The Labute approximate surface area is 109 Å². The molecule has 2 aliphatic rings. The second kappa shape index (κ2) is 4.81. The SMILES string of the molecule is CC1(COc2ccc3c(c2)NCC3)CCCCN1. The molecule has 1 aromatic rings. The van der Waals surface area contributed by atoms with E-state index in [-0.39, 0.29) is 5.54 Å². The highest BCUT2D eigenvalue weighted by Crippen LogP contribution is 2.28. The van der Waals surface area contributed by atoms with Crippen molar-refractivity contribution in [3.63, 3.8) is 0 Å². The van der Waals surface area contributed by atoms with Gasteiger partial charge in [-0.1, -0.05) is 12.5 Å². The summed E-state index contributed by atoms with van der Waals surface area (Å²) in [6.45, 7) is 5.19. The average molecular weight is 246 g/mol. The maximum atomic E-state index is 5.97. The summed E-state index contributed by atoms with van der Waals surface area (Å²) in [5.41, 5.74) is 2.80. The van der Waals surface area contributed by atoms with Gasteiger partial charge in [-0.2, -0.15) is 0 Å². The zero-order chi connectivity index (χ0) is 12.4. The van der Waals surface area contributed by atoms with Crippen molar-refractivity contribution in [3.8, 4) is 5.75 Å². The van der Waals surface area contributed by atoms with Crippen LogP contribution in [0.15, 0.2) is 18.2 Å². The van der Waals surface area contributed by atoms with Gasteiger partial charge in [0, 0.05) is 23.8 Å². The summed E-state index contributed by atoms with van der Waals surface area (Å²) in [6.07, 6.45) is 4.93. The number of rotatable bonds is 3. The second-order valence-corrected chi connectivity index (χ2v) is 5.73. The monoisotopic (exact) mass is 246 g/mol. The highest BCUT2D eigenvalue weighted by atomic mass is 16.5. The van der Waals surface area contributed by atoms with Crippen LogP contribution in [0.4, 0.5) is 5.69 Å². The summed E-state index contributed by atoms with van der Waals surface area (Å²) in [6, 6.07) is 6.41. The van der Waals surface area contributed by atoms with Crippen molar-refractivity contribution in [1.29, 1.82) is 0 Å². The van der Waals surface area contributed by atoms with Gasteiger partial charge in [-0.05, 0) is 44.4 Å². The molecule has 1 saturated heterocycles. The Kier molecular flexibility index (Phi) is 3.16. The van der Waals surface area contributed by atoms with Crippen LogP contribution < -0.4 is 15.4 Å². The van der Waals surface area contributed by atoms with Crippen LogP contribution in [0, 0.1) is 0 Å². The summed E-state index contributed by atoms with van der Waals surface area (Å²) in [4.78, 5) is 0. The lowest BCUT2D eigenvalue weighted by atomic mass is 9.92. The molecule has 3 nitrogen and oxygen atoms in total. The van der Waals surface area contributed by atoms with Gasteiger partial charge in [-0.25, -0.2) is 0 Å². The molecule has 0 radical (unpaired) electrons. The lowest BCUT2D eigenvalue weighted by Gasteiger charge is -2.34. The second-order valence-electron chi connectivity index (χ2n) is 5.73. The Morgan fingerprint density at radius 2 is 2.22 bits per heavy atom. The van der Waals surface area contributed by atoms with Crippen LogP contribution in [0.25, 0.3) is 0 Å². The molecule has 2 heterocycles. The highest BCUT2D eigenvalue weighted by molar-refractivity contribution is 5.58. The quantitative estimate of drug-likeness (QED) is 0.860. The molecule has 18 heavy (non-hydrogen) atoms. The van der Waals surface area contributed by atoms with Crippen LogP contribution in [0.2, 0.25) is 0 Å². The van der Waals surface area contributed by atoms with Crippen molar-refractivity contribution in [3.05, 3.63) is 23.8 Å². The molecule has 1 fully saturated rings. The topological polar surface area (TPSA) is 33.3 Å². The number of piperidine rings is 1. The van der Waals surface area contributed by atoms with Crippen LogP contribution in [-0.4, -0.2) is 25.2 Å². The summed E-state index contributed by atoms with van der Waals surface area (Å²) >= 11 is 0. The molecule has 0 aliphatic carbocycles. The largest absolute Gasteiger partial charge is 0.492 e. The molecule has 1 unspecified atom stereocenters. The predicted octanol–water partition coefficient (Wildman–Crippen LogP) is 2.57. The normalized spacial score (nSPS) is 26.5. The smallest absolute Gasteiger partial charge is 0.121 e. The van der Waals surface area contributed by atoms with Gasteiger partial charge in [0.25, 0.3) is 0 Å². The molecule has 0 amide bonds. The fourth-order valence-electron chi connectivity index (χ4n) is 2.84. The van der Waals surface area contributed by atoms with E-state index >= 15 is 0 Å². The fraction of sp³-hybridized carbons (Fsp3) is 0.600. The third-order valence-corrected chi connectivity index (χ3v) is 4.06. The van der Waals surface area contributed by atoms with E-state index in [1.54, 1.807) is 0 Å². The standard InChI is InChI=1S/C15H22N2O/c1-15(7-2-3-8-17-15)11-18-13-5-4-12-6-9-16-14(12)10-13/h4-5,10,16-17H,2-3,6-9,11H2,1H3. The number of hydrogen-bond donors (Lipinski definition) is 2. The Morgan fingerprint density at radius 3 is 3.06 bits per heavy atom. The van der Waals surface area contributed by atoms with Crippen molar-refractivity contribution in [1.82, 2.24) is 5.32 Å². The highest BCUT2D eigenvalue weighted by Gasteiger charge is 2.27. The molecule has 1 atom stereocenters. The predicted molar refractivity (Wildman–Crippen MR) is 74.4 cm³/mol. The Hall–Kier alpha value is -1.22. The van der Waals surface area contributed by atoms with Crippen LogP contribution in [0.3, 0.4) is 0 Å². The Bertz CT molecular complexity index is 425. The van der Waals surface area contributed by atoms with Crippen molar-refractivity contribution in [2.24, 2.45) is 0 Å². The Morgan fingerprint density at radius 1 is 1.28 bits per heavy atom. The minimum Gasteiger partial charge on any atom is -0.492 e. The molecule has 0 aromatic heterocycles. The van der Waals surface area contributed by atoms with Gasteiger partial charge in [0.05, 0.1) is 0 Å². The molecule has 1 aromatic carbocycles. The third-order valence-electron chi connectivity index (χ3n) is 4.06. The maximum Gasteiger partial charge on any atom is 0.121 e. The van der Waals surface area contributed by atoms with Gasteiger partial charge in [0.2, 0.25) is 0 Å². The van der Waals surface area contributed by atoms with Gasteiger partial charge >= 0.3 is 0 Å². The summed E-state index contributed by atoms with van der Waals surface area (Å²) < 4.78 is 5.97. The molecule has 0 saturated carbocycles. The number of nitrogens with one attached hydrogen (secondary N) is 2. The third kappa shape index (κ3) is 2.46. The number of anilines is 1. The van der Waals surface area contributed by atoms with E-state index in [4.69, 9.17) is 4.74 Å². The van der Waals surface area contributed by atoms with E-state index in [1.165, 1.54) is 30.5 Å². The summed E-state index contributed by atoms with van der Waals surface area (Å²) in [7, 11) is 0. The first kappa shape index (κ1) is 11.8. The molecule has 2 N–H and O–H groups in total. The van der Waals surface area contributed by atoms with Crippen molar-refractivity contribution in [2.75, 3.05) is 25.0 Å². The van der Waals surface area contributed by atoms with Crippen LogP contribution in [0.1, 0.15) is 31.7 Å². The lowest BCUT2D eigenvalue weighted by Crippen LogP contribution is -2.50. The number of benzene rings is 1. The first-order valence-corrected chi connectivity index (χ1v) is 7.00. The van der Waals surface area contributed by atoms with Crippen molar-refractivity contribution < 1.29 is 4.74 Å². The summed E-state index contributed by atoms with van der Waals surface area (Å²) in [5.74, 6) is 0.983. The maximum absolute atomic E-state index is 5.97. The Balaban J connectivity index is 1.62. The van der Waals surface area contributed by atoms with Gasteiger partial charge in [-0.3, -0.25) is 0 Å². The average Bonchev–Trinajstić information content (AvgIpc) is 2.85. The minimum atomic E-state index is 0.144. The van der Waals surface area contributed by atoms with E-state index in [9.17, 15) is 0 Å². The zero-order valence-corrected chi connectivity index (χ0v) is 11.1. The van der Waals surface area contributed by atoms with Gasteiger partial charge < -0.3 is 15.4 Å². The number of ether oxygens (including phenoxy) is 1. The molecular formula is C15H22N2O. The van der Waals surface area contributed by atoms with Crippen LogP contribution in [0.5, 0.6) is 5.75 Å². The first-order valence-electron chi connectivity index (χ1n) is 7.00. The molecule has 3 rings (SSSR count). The van der Waals surface area contributed by atoms with Gasteiger partial charge in [-0.15, -0.1) is 0 Å². The van der Waals surface area contributed by atoms with Crippen LogP contribution in [-0.2, 0) is 6.42 Å². The first-order chi connectivity index (χ1) is 8.75. The molecule has 0 spiro atoms.